The second-order valence-electron chi connectivity index (χ2n) is 13.4. The fourth-order valence-electron chi connectivity index (χ4n) is 7.82. The van der Waals surface area contributed by atoms with Gasteiger partial charge in [-0.15, -0.1) is 22.7 Å². The minimum Gasteiger partial charge on any atom is -0.506 e. The van der Waals surface area contributed by atoms with Gasteiger partial charge in [-0.1, -0.05) is 30.3 Å². The standard InChI is InChI=1S/C38H40N4O7S2/c1-42(36-23-8-11-27(36)30(18-23)49-37(47)38(48,31-4-2-16-50-31)32-5-3-17-51-32)21-34(46)40-24-9-6-22(7-10-24)19-39-20-29(44)25-12-14-28(43)35-26(25)13-15-33(45)41-35/h2-7,9-10,12-17,23,27,29-30,36,39,43-44,48H,8,11,18-21H2,1H3,(H,40,46)(H,41,45)/t23?,27?,29-,30?,36?/m0/s1. The van der Waals surface area contributed by atoms with Crippen molar-refractivity contribution in [2.24, 2.45) is 11.8 Å². The number of phenols is 1. The molecule has 51 heavy (non-hydrogen) atoms. The molecule has 0 aliphatic heterocycles. The number of carbonyl (C=O) groups is 2. The molecule has 2 bridgehead atoms. The number of carbonyl (C=O) groups excluding carboxylic acids is 2. The van der Waals surface area contributed by atoms with Gasteiger partial charge < -0.3 is 35.7 Å². The number of pyridine rings is 1. The van der Waals surface area contributed by atoms with Crippen LogP contribution in [0.5, 0.6) is 5.75 Å². The van der Waals surface area contributed by atoms with E-state index in [0.717, 1.165) is 18.4 Å². The lowest BCUT2D eigenvalue weighted by molar-refractivity contribution is -0.170. The van der Waals surface area contributed by atoms with Crippen LogP contribution in [-0.4, -0.2) is 69.4 Å². The van der Waals surface area contributed by atoms with E-state index in [-0.39, 0.29) is 53.9 Å². The number of amides is 1. The van der Waals surface area contributed by atoms with Crippen molar-refractivity contribution in [3.63, 3.8) is 0 Å². The molecule has 13 heteroatoms. The van der Waals surface area contributed by atoms with Gasteiger partial charge in [0.2, 0.25) is 17.1 Å². The number of likely N-dealkylation sites (N-methyl/N-ethyl adjacent to an activating group) is 1. The fourth-order valence-corrected chi connectivity index (χ4v) is 9.54. The van der Waals surface area contributed by atoms with E-state index in [2.05, 4.69) is 20.5 Å². The summed E-state index contributed by atoms with van der Waals surface area (Å²) < 4.78 is 6.10. The summed E-state index contributed by atoms with van der Waals surface area (Å²) in [5.74, 6) is -0.473. The largest absolute Gasteiger partial charge is 0.506 e. The molecule has 266 valence electrons. The van der Waals surface area contributed by atoms with Crippen molar-refractivity contribution in [1.29, 1.82) is 0 Å². The summed E-state index contributed by atoms with van der Waals surface area (Å²) in [6.07, 6.45) is 1.42. The number of aliphatic hydroxyl groups excluding tert-OH is 1. The molecule has 2 aromatic carbocycles. The lowest BCUT2D eigenvalue weighted by Crippen LogP contribution is -2.43. The van der Waals surface area contributed by atoms with Crippen LogP contribution in [0, 0.1) is 11.8 Å². The zero-order chi connectivity index (χ0) is 35.7. The molecule has 5 aromatic rings. The number of aromatic amines is 1. The number of aliphatic hydroxyl groups is 2. The second kappa shape index (κ2) is 14.7. The van der Waals surface area contributed by atoms with E-state index < -0.39 is 17.7 Å². The molecule has 5 atom stereocenters. The van der Waals surface area contributed by atoms with Gasteiger partial charge in [0, 0.05) is 42.2 Å². The minimum absolute atomic E-state index is 0.0577. The Kier molecular flexibility index (Phi) is 10.1. The molecule has 2 aliphatic carbocycles. The summed E-state index contributed by atoms with van der Waals surface area (Å²) in [4.78, 5) is 44.2. The topological polar surface area (TPSA) is 164 Å². The number of aromatic nitrogens is 1. The molecule has 3 heterocycles. The third-order valence-corrected chi connectivity index (χ3v) is 12.1. The average molecular weight is 729 g/mol. The zero-order valence-corrected chi connectivity index (χ0v) is 29.6. The number of benzene rings is 2. The molecule has 0 spiro atoms. The summed E-state index contributed by atoms with van der Waals surface area (Å²) >= 11 is 2.65. The number of nitrogens with zero attached hydrogens (tertiary/aromatic N) is 1. The van der Waals surface area contributed by atoms with Crippen LogP contribution in [0.15, 0.2) is 88.4 Å². The van der Waals surface area contributed by atoms with E-state index in [0.29, 0.717) is 45.3 Å². The molecule has 2 aliphatic rings. The number of thiophene rings is 2. The van der Waals surface area contributed by atoms with E-state index >= 15 is 0 Å². The highest BCUT2D eigenvalue weighted by molar-refractivity contribution is 7.12. The molecule has 11 nitrogen and oxygen atoms in total. The smallest absolute Gasteiger partial charge is 0.349 e. The maximum Gasteiger partial charge on any atom is 0.349 e. The van der Waals surface area contributed by atoms with Gasteiger partial charge in [0.05, 0.1) is 27.9 Å². The third kappa shape index (κ3) is 7.10. The maximum absolute atomic E-state index is 13.6. The third-order valence-electron chi connectivity index (χ3n) is 10.2. The second-order valence-corrected chi connectivity index (χ2v) is 15.3. The predicted octanol–water partition coefficient (Wildman–Crippen LogP) is 4.70. The Balaban J connectivity index is 0.901. The molecular formula is C38H40N4O7S2. The van der Waals surface area contributed by atoms with Crippen LogP contribution in [0.1, 0.15) is 46.2 Å². The van der Waals surface area contributed by atoms with Crippen molar-refractivity contribution < 1.29 is 29.6 Å². The van der Waals surface area contributed by atoms with Gasteiger partial charge in [0.1, 0.15) is 11.9 Å². The van der Waals surface area contributed by atoms with E-state index in [9.17, 15) is 29.7 Å². The number of H-pyrrole nitrogens is 1. The Morgan fingerprint density at radius 3 is 2.43 bits per heavy atom. The Hall–Kier alpha value is -4.37. The van der Waals surface area contributed by atoms with Crippen LogP contribution < -0.4 is 16.2 Å². The molecule has 0 radical (unpaired) electrons. The van der Waals surface area contributed by atoms with E-state index in [1.807, 2.05) is 54.2 Å². The summed E-state index contributed by atoms with van der Waals surface area (Å²) in [7, 11) is 1.94. The highest BCUT2D eigenvalue weighted by Gasteiger charge is 2.53. The monoisotopic (exact) mass is 728 g/mol. The van der Waals surface area contributed by atoms with Gasteiger partial charge in [-0.05, 0) is 90.5 Å². The highest BCUT2D eigenvalue weighted by atomic mass is 32.1. The molecule has 6 N–H and O–H groups in total. The normalized spacial score (nSPS) is 20.5. The SMILES string of the molecule is CN(CC(=O)Nc1ccc(CNC[C@H](O)c2ccc(O)c3[nH]c(=O)ccc23)cc1)C1C2CCC1C(OC(=O)C(O)(c1cccs1)c1cccs1)C2. The first-order chi connectivity index (χ1) is 24.6. The van der Waals surface area contributed by atoms with Crippen LogP contribution in [0.3, 0.4) is 0 Å². The van der Waals surface area contributed by atoms with Crippen LogP contribution in [0.2, 0.25) is 0 Å². The number of anilines is 1. The van der Waals surface area contributed by atoms with E-state index in [1.54, 1.807) is 24.3 Å². The molecule has 3 aromatic heterocycles. The molecular weight excluding hydrogens is 689 g/mol. The number of fused-ring (bicyclic) bond motifs is 3. The number of nitrogens with one attached hydrogen (secondary N) is 3. The Morgan fingerprint density at radius 2 is 1.75 bits per heavy atom. The van der Waals surface area contributed by atoms with Gasteiger partial charge in [-0.3, -0.25) is 14.5 Å². The molecule has 2 saturated carbocycles. The number of phenolic OH excluding ortho intramolecular Hbond substituents is 1. The lowest BCUT2D eigenvalue weighted by atomic mass is 9.96. The fraction of sp³-hybridized carbons (Fsp3) is 0.342. The van der Waals surface area contributed by atoms with Crippen molar-refractivity contribution in [2.45, 2.75) is 49.7 Å². The number of esters is 1. The number of rotatable bonds is 13. The molecule has 2 fully saturated rings. The Bertz CT molecular complexity index is 2010. The van der Waals surface area contributed by atoms with Gasteiger partial charge in [0.15, 0.2) is 0 Å². The first kappa shape index (κ1) is 35.1. The maximum atomic E-state index is 13.6. The van der Waals surface area contributed by atoms with Crippen molar-refractivity contribution in [1.82, 2.24) is 15.2 Å². The predicted molar refractivity (Wildman–Crippen MR) is 197 cm³/mol. The van der Waals surface area contributed by atoms with Gasteiger partial charge >= 0.3 is 5.97 Å². The Morgan fingerprint density at radius 1 is 1.02 bits per heavy atom. The summed E-state index contributed by atoms with van der Waals surface area (Å²) in [6, 6.07) is 20.8. The molecule has 4 unspecified atom stereocenters. The first-order valence-corrected chi connectivity index (χ1v) is 18.7. The number of hydrogen-bond donors (Lipinski definition) is 6. The van der Waals surface area contributed by atoms with Crippen molar-refractivity contribution >= 4 is 51.1 Å². The van der Waals surface area contributed by atoms with Gasteiger partial charge in [0.25, 0.3) is 0 Å². The lowest BCUT2D eigenvalue weighted by Gasteiger charge is -2.30. The quantitative estimate of drug-likeness (QED) is 0.0944. The average Bonchev–Trinajstić information content (AvgIpc) is 3.95. The zero-order valence-electron chi connectivity index (χ0n) is 28.0. The van der Waals surface area contributed by atoms with Crippen molar-refractivity contribution in [3.05, 3.63) is 115 Å². The highest BCUT2D eigenvalue weighted by Crippen LogP contribution is 2.49. The van der Waals surface area contributed by atoms with Gasteiger partial charge in [-0.2, -0.15) is 0 Å². The summed E-state index contributed by atoms with van der Waals surface area (Å²) in [5.41, 5.74) is 0.337. The van der Waals surface area contributed by atoms with Crippen LogP contribution in [0.4, 0.5) is 5.69 Å². The van der Waals surface area contributed by atoms with E-state index in [1.165, 1.54) is 34.8 Å². The van der Waals surface area contributed by atoms with Crippen LogP contribution in [-0.2, 0) is 26.5 Å². The van der Waals surface area contributed by atoms with E-state index in [4.69, 9.17) is 4.74 Å². The molecule has 1 amide bonds. The number of hydrogen-bond acceptors (Lipinski definition) is 11. The Labute approximate surface area is 302 Å². The number of aromatic hydroxyl groups is 1. The van der Waals surface area contributed by atoms with Crippen LogP contribution >= 0.6 is 22.7 Å². The number of ether oxygens (including phenoxy) is 1. The van der Waals surface area contributed by atoms with Crippen molar-refractivity contribution in [2.75, 3.05) is 25.5 Å². The molecule has 7 rings (SSSR count). The summed E-state index contributed by atoms with van der Waals surface area (Å²) in [5, 5.41) is 43.1. The minimum atomic E-state index is -1.84. The first-order valence-electron chi connectivity index (χ1n) is 17.0. The van der Waals surface area contributed by atoms with Crippen LogP contribution in [0.25, 0.3) is 10.9 Å². The molecule has 0 saturated heterocycles. The van der Waals surface area contributed by atoms with Gasteiger partial charge in [-0.25, -0.2) is 4.79 Å². The summed E-state index contributed by atoms with van der Waals surface area (Å²) in [6.45, 7) is 0.917. The van der Waals surface area contributed by atoms with Crippen molar-refractivity contribution in [3.8, 4) is 5.75 Å².